The molecule has 1 aromatic carbocycles. The number of nitrogens with one attached hydrogen (secondary N) is 2. The second kappa shape index (κ2) is 8.65. The molecule has 6 nitrogen and oxygen atoms in total. The number of H-pyrrole nitrogens is 1. The quantitative estimate of drug-likeness (QED) is 0.627. The van der Waals surface area contributed by atoms with E-state index in [2.05, 4.69) is 15.3 Å². The van der Waals surface area contributed by atoms with E-state index in [4.69, 9.17) is 11.6 Å². The predicted octanol–water partition coefficient (Wildman–Crippen LogP) is 3.80. The summed E-state index contributed by atoms with van der Waals surface area (Å²) in [6.45, 7) is 5.27. The van der Waals surface area contributed by atoms with Crippen molar-refractivity contribution in [2.75, 3.05) is 18.4 Å². The Balaban J connectivity index is 1.69. The summed E-state index contributed by atoms with van der Waals surface area (Å²) in [6, 6.07) is 7.26. The minimum absolute atomic E-state index is 0.137. The zero-order chi connectivity index (χ0) is 19.4. The van der Waals surface area contributed by atoms with Crippen molar-refractivity contribution in [1.82, 2.24) is 14.9 Å². The van der Waals surface area contributed by atoms with Crippen LogP contribution in [-0.2, 0) is 11.3 Å². The number of rotatable bonds is 7. The third kappa shape index (κ3) is 4.94. The molecule has 2 heterocycles. The number of thiophene rings is 1. The van der Waals surface area contributed by atoms with Crippen LogP contribution < -0.4 is 10.9 Å². The first kappa shape index (κ1) is 19.5. The number of amides is 1. The molecule has 0 aliphatic heterocycles. The predicted molar refractivity (Wildman–Crippen MR) is 111 cm³/mol. The number of carbonyl (C=O) groups excluding carboxylic acids is 1. The van der Waals surface area contributed by atoms with Gasteiger partial charge in [-0.25, -0.2) is 4.98 Å². The molecule has 2 N–H and O–H groups in total. The van der Waals surface area contributed by atoms with Crippen LogP contribution >= 0.6 is 22.9 Å². The van der Waals surface area contributed by atoms with Crippen molar-refractivity contribution < 1.29 is 4.79 Å². The lowest BCUT2D eigenvalue weighted by Gasteiger charge is -2.20. The van der Waals surface area contributed by atoms with Gasteiger partial charge in [-0.2, -0.15) is 0 Å². The van der Waals surface area contributed by atoms with Gasteiger partial charge >= 0.3 is 0 Å². The van der Waals surface area contributed by atoms with Crippen LogP contribution in [-0.4, -0.2) is 33.9 Å². The Morgan fingerprint density at radius 2 is 2.19 bits per heavy atom. The Morgan fingerprint density at radius 3 is 2.93 bits per heavy atom. The molecule has 8 heteroatoms. The van der Waals surface area contributed by atoms with E-state index >= 15 is 0 Å². The fourth-order valence-electron chi connectivity index (χ4n) is 2.81. The first-order valence-electron chi connectivity index (χ1n) is 8.71. The Morgan fingerprint density at radius 1 is 1.37 bits per heavy atom. The standard InChI is InChI=1S/C19H21ClN4O2S/c1-3-7-24(10-16-22-15-6-8-27-18(15)19(26)23-16)11-17(25)21-13-5-4-12(2)14(20)9-13/h4-6,8-9H,3,7,10-11H2,1-2H3,(H,21,25)(H,22,23,26). The number of hydrogen-bond acceptors (Lipinski definition) is 5. The molecule has 0 aliphatic carbocycles. The maximum absolute atomic E-state index is 12.4. The van der Waals surface area contributed by atoms with Crippen molar-refractivity contribution in [3.63, 3.8) is 0 Å². The van der Waals surface area contributed by atoms with E-state index in [1.807, 2.05) is 42.3 Å². The van der Waals surface area contributed by atoms with E-state index < -0.39 is 0 Å². The summed E-state index contributed by atoms with van der Waals surface area (Å²) in [7, 11) is 0. The van der Waals surface area contributed by atoms with E-state index in [1.54, 1.807) is 6.07 Å². The minimum Gasteiger partial charge on any atom is -0.325 e. The van der Waals surface area contributed by atoms with Crippen LogP contribution in [0, 0.1) is 6.92 Å². The summed E-state index contributed by atoms with van der Waals surface area (Å²) in [6.07, 6.45) is 0.883. The Kier molecular flexibility index (Phi) is 6.26. The smallest absolute Gasteiger partial charge is 0.268 e. The van der Waals surface area contributed by atoms with Crippen molar-refractivity contribution in [2.24, 2.45) is 0 Å². The fourth-order valence-corrected chi connectivity index (χ4v) is 3.72. The summed E-state index contributed by atoms with van der Waals surface area (Å²) in [4.78, 5) is 33.8. The average molecular weight is 405 g/mol. The number of halogens is 1. The topological polar surface area (TPSA) is 78.1 Å². The molecule has 0 unspecified atom stereocenters. The molecule has 0 fully saturated rings. The number of aromatic amines is 1. The van der Waals surface area contributed by atoms with Gasteiger partial charge in [0.15, 0.2) is 0 Å². The SMILES string of the molecule is CCCN(CC(=O)Nc1ccc(C)c(Cl)c1)Cc1nc2ccsc2c(=O)[nH]1. The van der Waals surface area contributed by atoms with Gasteiger partial charge in [0.25, 0.3) is 5.56 Å². The van der Waals surface area contributed by atoms with E-state index in [0.717, 1.165) is 12.0 Å². The lowest BCUT2D eigenvalue weighted by Crippen LogP contribution is -2.34. The normalized spacial score (nSPS) is 11.3. The van der Waals surface area contributed by atoms with E-state index in [9.17, 15) is 9.59 Å². The highest BCUT2D eigenvalue weighted by Gasteiger charge is 2.14. The monoisotopic (exact) mass is 404 g/mol. The number of aromatic nitrogens is 2. The van der Waals surface area contributed by atoms with E-state index in [1.165, 1.54) is 11.3 Å². The molecular formula is C19H21ClN4O2S. The number of benzene rings is 1. The zero-order valence-corrected chi connectivity index (χ0v) is 16.8. The molecule has 3 rings (SSSR count). The van der Waals surface area contributed by atoms with Crippen LogP contribution in [0.4, 0.5) is 5.69 Å². The molecule has 142 valence electrons. The van der Waals surface area contributed by atoms with Gasteiger partial charge in [0.05, 0.1) is 18.6 Å². The second-order valence-corrected chi connectivity index (χ2v) is 7.69. The van der Waals surface area contributed by atoms with Crippen molar-refractivity contribution >= 4 is 44.7 Å². The number of hydrogen-bond donors (Lipinski definition) is 2. The lowest BCUT2D eigenvalue weighted by molar-refractivity contribution is -0.117. The van der Waals surface area contributed by atoms with Crippen molar-refractivity contribution in [1.29, 1.82) is 0 Å². The second-order valence-electron chi connectivity index (χ2n) is 6.37. The van der Waals surface area contributed by atoms with E-state index in [0.29, 0.717) is 39.8 Å². The molecule has 0 saturated heterocycles. The largest absolute Gasteiger partial charge is 0.325 e. The molecule has 0 radical (unpaired) electrons. The Labute approximate surface area is 166 Å². The third-order valence-electron chi connectivity index (χ3n) is 4.10. The van der Waals surface area contributed by atoms with Gasteiger partial charge in [-0.1, -0.05) is 24.6 Å². The molecule has 3 aromatic rings. The molecule has 0 aliphatic rings. The van der Waals surface area contributed by atoms with Crippen LogP contribution in [0.3, 0.4) is 0 Å². The number of aryl methyl sites for hydroxylation is 1. The highest BCUT2D eigenvalue weighted by Crippen LogP contribution is 2.20. The molecule has 1 amide bonds. The van der Waals surface area contributed by atoms with Gasteiger partial charge in [-0.3, -0.25) is 14.5 Å². The van der Waals surface area contributed by atoms with Crippen LogP contribution in [0.2, 0.25) is 5.02 Å². The molecule has 0 atom stereocenters. The van der Waals surface area contributed by atoms with Gasteiger partial charge < -0.3 is 10.3 Å². The minimum atomic E-state index is -0.139. The molecule has 0 spiro atoms. The van der Waals surface area contributed by atoms with Crippen molar-refractivity contribution in [2.45, 2.75) is 26.8 Å². The van der Waals surface area contributed by atoms with Crippen molar-refractivity contribution in [3.8, 4) is 0 Å². The number of fused-ring (bicyclic) bond motifs is 1. The summed E-state index contributed by atoms with van der Waals surface area (Å²) in [5.74, 6) is 0.424. The van der Waals surface area contributed by atoms with Gasteiger partial charge in [0, 0.05) is 10.7 Å². The van der Waals surface area contributed by atoms with Crippen molar-refractivity contribution in [3.05, 3.63) is 56.4 Å². The molecule has 0 saturated carbocycles. The van der Waals surface area contributed by atoms with Gasteiger partial charge in [0.2, 0.25) is 5.91 Å². The zero-order valence-electron chi connectivity index (χ0n) is 15.2. The highest BCUT2D eigenvalue weighted by molar-refractivity contribution is 7.17. The maximum Gasteiger partial charge on any atom is 0.268 e. The summed E-state index contributed by atoms with van der Waals surface area (Å²) >= 11 is 7.48. The number of carbonyl (C=O) groups is 1. The highest BCUT2D eigenvalue weighted by atomic mass is 35.5. The van der Waals surface area contributed by atoms with E-state index in [-0.39, 0.29) is 18.0 Å². The Bertz CT molecular complexity index is 1010. The summed E-state index contributed by atoms with van der Waals surface area (Å²) < 4.78 is 0.620. The maximum atomic E-state index is 12.4. The van der Waals surface area contributed by atoms with Crippen LogP contribution in [0.15, 0.2) is 34.4 Å². The third-order valence-corrected chi connectivity index (χ3v) is 5.41. The van der Waals surface area contributed by atoms with Gasteiger partial charge in [0.1, 0.15) is 10.5 Å². The van der Waals surface area contributed by atoms with Gasteiger partial charge in [-0.05, 0) is 49.0 Å². The first-order valence-corrected chi connectivity index (χ1v) is 9.96. The van der Waals surface area contributed by atoms with Crippen LogP contribution in [0.5, 0.6) is 0 Å². The van der Waals surface area contributed by atoms with Crippen LogP contribution in [0.1, 0.15) is 24.7 Å². The van der Waals surface area contributed by atoms with Gasteiger partial charge in [-0.15, -0.1) is 11.3 Å². The first-order chi connectivity index (χ1) is 13.0. The summed E-state index contributed by atoms with van der Waals surface area (Å²) in [5.41, 5.74) is 2.17. The fraction of sp³-hybridized carbons (Fsp3) is 0.316. The molecule has 27 heavy (non-hydrogen) atoms. The molecular weight excluding hydrogens is 384 g/mol. The molecule has 0 bridgehead atoms. The Hall–Kier alpha value is -2.22. The number of nitrogens with zero attached hydrogens (tertiary/aromatic N) is 2. The lowest BCUT2D eigenvalue weighted by atomic mass is 10.2. The number of anilines is 1. The van der Waals surface area contributed by atoms with Crippen LogP contribution in [0.25, 0.3) is 10.2 Å². The summed E-state index contributed by atoms with van der Waals surface area (Å²) in [5, 5.41) is 5.33. The average Bonchev–Trinajstić information content (AvgIpc) is 3.07. The molecule has 2 aromatic heterocycles.